The summed E-state index contributed by atoms with van der Waals surface area (Å²) in [5.74, 6) is -0.340. The van der Waals surface area contributed by atoms with Crippen LogP contribution in [0.25, 0.3) is 0 Å². The number of hydrogen-bond donors (Lipinski definition) is 3. The monoisotopic (exact) mass is 215 g/mol. The van der Waals surface area contributed by atoms with Gasteiger partial charge in [0.25, 0.3) is 0 Å². The molecule has 4 heteroatoms. The molecule has 1 aliphatic rings. The first kappa shape index (κ1) is 12.5. The Hall–Kier alpha value is -0.610. The molecule has 0 bridgehead atoms. The molecule has 0 amide bonds. The first-order valence-corrected chi connectivity index (χ1v) is 5.61. The van der Waals surface area contributed by atoms with E-state index in [1.165, 1.54) is 0 Å². The van der Waals surface area contributed by atoms with Crippen LogP contribution in [0.15, 0.2) is 0 Å². The molecule has 0 spiro atoms. The fraction of sp³-hybridized carbons (Fsp3) is 0.909. The Morgan fingerprint density at radius 2 is 2.33 bits per heavy atom. The first-order chi connectivity index (χ1) is 6.93. The lowest BCUT2D eigenvalue weighted by Crippen LogP contribution is -2.48. The van der Waals surface area contributed by atoms with E-state index in [-0.39, 0.29) is 0 Å². The van der Waals surface area contributed by atoms with E-state index in [0.29, 0.717) is 12.5 Å². The van der Waals surface area contributed by atoms with Gasteiger partial charge < -0.3 is 15.5 Å². The van der Waals surface area contributed by atoms with Crippen molar-refractivity contribution < 1.29 is 15.0 Å². The maximum Gasteiger partial charge on any atom is 0.320 e. The van der Waals surface area contributed by atoms with Gasteiger partial charge in [0, 0.05) is 6.54 Å². The van der Waals surface area contributed by atoms with Gasteiger partial charge in [-0.2, -0.15) is 0 Å². The van der Waals surface area contributed by atoms with Crippen LogP contribution in [0.3, 0.4) is 0 Å². The van der Waals surface area contributed by atoms with E-state index in [1.807, 2.05) is 0 Å². The average molecular weight is 215 g/mol. The zero-order valence-electron chi connectivity index (χ0n) is 9.49. The third kappa shape index (κ3) is 3.80. The maximum atomic E-state index is 10.6. The second kappa shape index (κ2) is 4.94. The van der Waals surface area contributed by atoms with Gasteiger partial charge in [0.1, 0.15) is 6.04 Å². The Morgan fingerprint density at radius 3 is 2.87 bits per heavy atom. The predicted molar refractivity (Wildman–Crippen MR) is 57.7 cm³/mol. The summed E-state index contributed by atoms with van der Waals surface area (Å²) in [6.07, 6.45) is 3.74. The van der Waals surface area contributed by atoms with Crippen molar-refractivity contribution in [3.05, 3.63) is 0 Å². The minimum atomic E-state index is -0.873. The molecule has 1 fully saturated rings. The zero-order valence-corrected chi connectivity index (χ0v) is 9.49. The summed E-state index contributed by atoms with van der Waals surface area (Å²) in [5, 5.41) is 21.8. The number of rotatable bonds is 4. The lowest BCUT2D eigenvalue weighted by atomic mass is 9.79. The van der Waals surface area contributed by atoms with E-state index in [9.17, 15) is 9.90 Å². The molecule has 0 aliphatic heterocycles. The quantitative estimate of drug-likeness (QED) is 0.654. The standard InChI is InChI=1S/C11H21NO3/c1-8-4-3-5-11(15,6-8)7-12-9(2)10(13)14/h8-9,12,15H,3-7H2,1-2H3,(H,13,14). The summed E-state index contributed by atoms with van der Waals surface area (Å²) < 4.78 is 0. The number of carboxylic acids is 1. The first-order valence-electron chi connectivity index (χ1n) is 5.61. The number of carboxylic acid groups (broad SMARTS) is 1. The normalized spacial score (nSPS) is 33.7. The zero-order chi connectivity index (χ0) is 11.5. The molecule has 88 valence electrons. The maximum absolute atomic E-state index is 10.6. The van der Waals surface area contributed by atoms with Crippen molar-refractivity contribution in [2.75, 3.05) is 6.54 Å². The van der Waals surface area contributed by atoms with Crippen molar-refractivity contribution in [1.82, 2.24) is 5.32 Å². The molecule has 0 aromatic rings. The van der Waals surface area contributed by atoms with Crippen molar-refractivity contribution in [2.24, 2.45) is 5.92 Å². The van der Waals surface area contributed by atoms with Gasteiger partial charge >= 0.3 is 5.97 Å². The number of carbonyl (C=O) groups is 1. The van der Waals surface area contributed by atoms with Gasteiger partial charge in [0.2, 0.25) is 0 Å². The van der Waals surface area contributed by atoms with Crippen LogP contribution in [0, 0.1) is 5.92 Å². The van der Waals surface area contributed by atoms with Crippen LogP contribution in [0.4, 0.5) is 0 Å². The second-order valence-corrected chi connectivity index (χ2v) is 4.87. The van der Waals surface area contributed by atoms with E-state index in [0.717, 1.165) is 25.7 Å². The van der Waals surface area contributed by atoms with Gasteiger partial charge in [0.05, 0.1) is 5.60 Å². The smallest absolute Gasteiger partial charge is 0.320 e. The van der Waals surface area contributed by atoms with E-state index in [4.69, 9.17) is 5.11 Å². The molecule has 3 atom stereocenters. The molecule has 3 unspecified atom stereocenters. The molecule has 1 aliphatic carbocycles. The Morgan fingerprint density at radius 1 is 1.67 bits per heavy atom. The highest BCUT2D eigenvalue weighted by Crippen LogP contribution is 2.31. The van der Waals surface area contributed by atoms with E-state index in [1.54, 1.807) is 6.92 Å². The molecule has 15 heavy (non-hydrogen) atoms. The summed E-state index contributed by atoms with van der Waals surface area (Å²) in [6.45, 7) is 4.10. The summed E-state index contributed by atoms with van der Waals surface area (Å²) in [6, 6.07) is -0.591. The SMILES string of the molecule is CC1CCCC(O)(CNC(C)C(=O)O)C1. The average Bonchev–Trinajstić information content (AvgIpc) is 2.13. The summed E-state index contributed by atoms with van der Waals surface area (Å²) in [4.78, 5) is 10.6. The van der Waals surface area contributed by atoms with Crippen LogP contribution in [-0.2, 0) is 4.79 Å². The lowest BCUT2D eigenvalue weighted by molar-refractivity contribution is -0.139. The molecular weight excluding hydrogens is 194 g/mol. The van der Waals surface area contributed by atoms with Crippen LogP contribution >= 0.6 is 0 Å². The third-order valence-electron chi connectivity index (χ3n) is 3.18. The Bertz CT molecular complexity index is 232. The van der Waals surface area contributed by atoms with Gasteiger partial charge in [-0.15, -0.1) is 0 Å². The van der Waals surface area contributed by atoms with Crippen LogP contribution in [0.5, 0.6) is 0 Å². The molecular formula is C11H21NO3. The minimum absolute atomic E-state index is 0.380. The molecule has 1 rings (SSSR count). The van der Waals surface area contributed by atoms with Gasteiger partial charge in [-0.25, -0.2) is 0 Å². The molecule has 0 aromatic carbocycles. The van der Waals surface area contributed by atoms with Crippen LogP contribution in [0.1, 0.15) is 39.5 Å². The van der Waals surface area contributed by atoms with Crippen LogP contribution in [-0.4, -0.2) is 34.4 Å². The number of nitrogens with one attached hydrogen (secondary N) is 1. The molecule has 1 saturated carbocycles. The number of hydrogen-bond acceptors (Lipinski definition) is 3. The fourth-order valence-electron chi connectivity index (χ4n) is 2.22. The van der Waals surface area contributed by atoms with Gasteiger partial charge in [-0.05, 0) is 25.7 Å². The molecule has 0 saturated heterocycles. The number of aliphatic carboxylic acids is 1. The molecule has 0 aromatic heterocycles. The highest BCUT2D eigenvalue weighted by molar-refractivity contribution is 5.72. The summed E-state index contributed by atoms with van der Waals surface area (Å²) >= 11 is 0. The van der Waals surface area contributed by atoms with Crippen molar-refractivity contribution in [3.63, 3.8) is 0 Å². The van der Waals surface area contributed by atoms with Crippen molar-refractivity contribution in [1.29, 1.82) is 0 Å². The molecule has 0 radical (unpaired) electrons. The topological polar surface area (TPSA) is 69.6 Å². The highest BCUT2D eigenvalue weighted by Gasteiger charge is 2.32. The van der Waals surface area contributed by atoms with Gasteiger partial charge in [-0.1, -0.05) is 19.8 Å². The minimum Gasteiger partial charge on any atom is -0.480 e. The fourth-order valence-corrected chi connectivity index (χ4v) is 2.22. The van der Waals surface area contributed by atoms with Crippen LogP contribution in [0.2, 0.25) is 0 Å². The van der Waals surface area contributed by atoms with Crippen LogP contribution < -0.4 is 5.32 Å². The summed E-state index contributed by atoms with van der Waals surface area (Å²) in [7, 11) is 0. The van der Waals surface area contributed by atoms with E-state index in [2.05, 4.69) is 12.2 Å². The Balaban J connectivity index is 2.39. The summed E-state index contributed by atoms with van der Waals surface area (Å²) in [5.41, 5.74) is -0.707. The van der Waals surface area contributed by atoms with Gasteiger partial charge in [-0.3, -0.25) is 4.79 Å². The predicted octanol–water partition coefficient (Wildman–Crippen LogP) is 0.990. The molecule has 4 nitrogen and oxygen atoms in total. The van der Waals surface area contributed by atoms with Gasteiger partial charge in [0.15, 0.2) is 0 Å². The van der Waals surface area contributed by atoms with E-state index < -0.39 is 17.6 Å². The van der Waals surface area contributed by atoms with Crippen molar-refractivity contribution >= 4 is 5.97 Å². The highest BCUT2D eigenvalue weighted by atomic mass is 16.4. The second-order valence-electron chi connectivity index (χ2n) is 4.87. The van der Waals surface area contributed by atoms with E-state index >= 15 is 0 Å². The largest absolute Gasteiger partial charge is 0.480 e. The molecule has 0 heterocycles. The third-order valence-corrected chi connectivity index (χ3v) is 3.18. The Labute approximate surface area is 90.7 Å². The van der Waals surface area contributed by atoms with Crippen molar-refractivity contribution in [2.45, 2.75) is 51.2 Å². The lowest BCUT2D eigenvalue weighted by Gasteiger charge is -2.36. The van der Waals surface area contributed by atoms with Crippen molar-refractivity contribution in [3.8, 4) is 0 Å². The number of aliphatic hydroxyl groups is 1. The molecule has 3 N–H and O–H groups in total. The Kier molecular flexibility index (Phi) is 4.11.